The summed E-state index contributed by atoms with van der Waals surface area (Å²) in [5.41, 5.74) is 3.16. The molecule has 0 spiro atoms. The summed E-state index contributed by atoms with van der Waals surface area (Å²) in [4.78, 5) is 16.5. The van der Waals surface area contributed by atoms with Crippen LogP contribution in [0.25, 0.3) is 0 Å². The quantitative estimate of drug-likeness (QED) is 0.627. The molecule has 0 aliphatic heterocycles. The molecule has 2 N–H and O–H groups in total. The fraction of sp³-hybridized carbons (Fsp3) is 0.182. The first-order chi connectivity index (χ1) is 13.0. The summed E-state index contributed by atoms with van der Waals surface area (Å²) in [6.45, 7) is 4.28. The van der Waals surface area contributed by atoms with Crippen LogP contribution in [-0.2, 0) is 11.2 Å². The smallest absolute Gasteiger partial charge is 0.228 e. The summed E-state index contributed by atoms with van der Waals surface area (Å²) in [6.07, 6.45) is 1.56. The molecule has 0 fully saturated rings. The van der Waals surface area contributed by atoms with Crippen LogP contribution in [0.3, 0.4) is 0 Å². The summed E-state index contributed by atoms with van der Waals surface area (Å²) < 4.78 is 13.6. The fourth-order valence-corrected chi connectivity index (χ4v) is 2.81. The molecule has 0 radical (unpaired) electrons. The van der Waals surface area contributed by atoms with Crippen LogP contribution in [0.2, 0.25) is 0 Å². The Bertz CT molecular complexity index is 923. The van der Waals surface area contributed by atoms with Crippen molar-refractivity contribution in [3.63, 3.8) is 0 Å². The van der Waals surface area contributed by atoms with Crippen molar-refractivity contribution in [2.45, 2.75) is 26.2 Å². The second-order valence-electron chi connectivity index (χ2n) is 6.62. The summed E-state index contributed by atoms with van der Waals surface area (Å²) in [5.74, 6) is 0.419. The van der Waals surface area contributed by atoms with E-state index in [0.29, 0.717) is 23.0 Å². The van der Waals surface area contributed by atoms with Crippen molar-refractivity contribution in [2.75, 3.05) is 10.6 Å². The number of benzene rings is 2. The molecule has 3 aromatic rings. The number of nitrogens with one attached hydrogen (secondary N) is 2. The van der Waals surface area contributed by atoms with E-state index < -0.39 is 0 Å². The zero-order valence-electron chi connectivity index (χ0n) is 15.4. The molecule has 5 heteroatoms. The Morgan fingerprint density at radius 2 is 1.78 bits per heavy atom. The van der Waals surface area contributed by atoms with E-state index in [2.05, 4.69) is 35.5 Å². The van der Waals surface area contributed by atoms with E-state index in [-0.39, 0.29) is 18.1 Å². The zero-order valence-corrected chi connectivity index (χ0v) is 15.4. The Labute approximate surface area is 158 Å². The number of carbonyl (C=O) groups is 1. The molecule has 0 saturated heterocycles. The summed E-state index contributed by atoms with van der Waals surface area (Å²) in [5, 5.41) is 6.05. The van der Waals surface area contributed by atoms with Crippen LogP contribution in [0.5, 0.6) is 0 Å². The van der Waals surface area contributed by atoms with Crippen LogP contribution in [0, 0.1) is 5.82 Å². The second-order valence-corrected chi connectivity index (χ2v) is 6.62. The minimum Gasteiger partial charge on any atom is -0.340 e. The summed E-state index contributed by atoms with van der Waals surface area (Å²) in [6, 6.07) is 17.9. The third-order valence-corrected chi connectivity index (χ3v) is 4.20. The number of pyridine rings is 1. The van der Waals surface area contributed by atoms with Gasteiger partial charge in [-0.05, 0) is 41.3 Å². The number of rotatable bonds is 6. The van der Waals surface area contributed by atoms with Crippen LogP contribution in [0.15, 0.2) is 66.9 Å². The van der Waals surface area contributed by atoms with E-state index in [1.807, 2.05) is 18.2 Å². The zero-order chi connectivity index (χ0) is 19.2. The molecule has 2 aromatic carbocycles. The topological polar surface area (TPSA) is 54.0 Å². The van der Waals surface area contributed by atoms with Crippen molar-refractivity contribution in [2.24, 2.45) is 0 Å². The van der Waals surface area contributed by atoms with Crippen LogP contribution in [-0.4, -0.2) is 10.9 Å². The van der Waals surface area contributed by atoms with Gasteiger partial charge in [0.25, 0.3) is 0 Å². The lowest BCUT2D eigenvalue weighted by Crippen LogP contribution is -2.15. The van der Waals surface area contributed by atoms with E-state index >= 15 is 0 Å². The van der Waals surface area contributed by atoms with Gasteiger partial charge in [-0.1, -0.05) is 50.2 Å². The predicted molar refractivity (Wildman–Crippen MR) is 107 cm³/mol. The van der Waals surface area contributed by atoms with Gasteiger partial charge >= 0.3 is 0 Å². The fourth-order valence-electron chi connectivity index (χ4n) is 2.81. The van der Waals surface area contributed by atoms with Crippen molar-refractivity contribution in [3.8, 4) is 0 Å². The van der Waals surface area contributed by atoms with Crippen LogP contribution < -0.4 is 10.6 Å². The van der Waals surface area contributed by atoms with Crippen molar-refractivity contribution in [3.05, 3.63) is 83.8 Å². The second kappa shape index (κ2) is 8.45. The van der Waals surface area contributed by atoms with E-state index in [4.69, 9.17) is 0 Å². The molecule has 0 bridgehead atoms. The minimum absolute atomic E-state index is 0.0194. The Morgan fingerprint density at radius 1 is 1.04 bits per heavy atom. The first-order valence-electron chi connectivity index (χ1n) is 8.88. The number of nitrogens with zero attached hydrogens (tertiary/aromatic N) is 1. The monoisotopic (exact) mass is 363 g/mol. The molecule has 0 unspecified atom stereocenters. The van der Waals surface area contributed by atoms with Crippen LogP contribution in [0.1, 0.15) is 30.9 Å². The molecule has 4 nitrogen and oxygen atoms in total. The molecule has 0 atom stereocenters. The van der Waals surface area contributed by atoms with Gasteiger partial charge in [0.05, 0.1) is 18.3 Å². The normalized spacial score (nSPS) is 10.7. The van der Waals surface area contributed by atoms with Gasteiger partial charge in [0.2, 0.25) is 5.91 Å². The highest BCUT2D eigenvalue weighted by Crippen LogP contribution is 2.26. The van der Waals surface area contributed by atoms with Gasteiger partial charge in [0.15, 0.2) is 0 Å². The maximum Gasteiger partial charge on any atom is 0.228 e. The Balaban J connectivity index is 1.64. The molecular weight excluding hydrogens is 341 g/mol. The lowest BCUT2D eigenvalue weighted by molar-refractivity contribution is -0.115. The molecule has 3 rings (SSSR count). The average Bonchev–Trinajstić information content (AvgIpc) is 2.65. The van der Waals surface area contributed by atoms with Gasteiger partial charge in [-0.25, -0.2) is 9.37 Å². The first-order valence-corrected chi connectivity index (χ1v) is 8.88. The number of aromatic nitrogens is 1. The number of carbonyl (C=O) groups excluding carboxylic acids is 1. The van der Waals surface area contributed by atoms with E-state index in [9.17, 15) is 9.18 Å². The predicted octanol–water partition coefficient (Wildman–Crippen LogP) is 5.27. The maximum absolute atomic E-state index is 13.6. The number of anilines is 3. The third kappa shape index (κ3) is 4.91. The molecule has 138 valence electrons. The van der Waals surface area contributed by atoms with Crippen LogP contribution >= 0.6 is 0 Å². The van der Waals surface area contributed by atoms with E-state index in [1.165, 1.54) is 11.6 Å². The van der Waals surface area contributed by atoms with Gasteiger partial charge in [-0.15, -0.1) is 0 Å². The summed E-state index contributed by atoms with van der Waals surface area (Å²) in [7, 11) is 0. The lowest BCUT2D eigenvalue weighted by atomic mass is 10.0. The van der Waals surface area contributed by atoms with Crippen LogP contribution in [0.4, 0.5) is 21.6 Å². The first kappa shape index (κ1) is 18.6. The summed E-state index contributed by atoms with van der Waals surface area (Å²) >= 11 is 0. The third-order valence-electron chi connectivity index (χ3n) is 4.20. The van der Waals surface area contributed by atoms with Crippen molar-refractivity contribution < 1.29 is 9.18 Å². The average molecular weight is 363 g/mol. The highest BCUT2D eigenvalue weighted by atomic mass is 19.1. The van der Waals surface area contributed by atoms with Crippen molar-refractivity contribution in [1.29, 1.82) is 0 Å². The Kier molecular flexibility index (Phi) is 5.81. The molecule has 1 aromatic heterocycles. The Morgan fingerprint density at radius 3 is 2.48 bits per heavy atom. The van der Waals surface area contributed by atoms with Crippen molar-refractivity contribution in [1.82, 2.24) is 4.98 Å². The van der Waals surface area contributed by atoms with Gasteiger partial charge in [-0.3, -0.25) is 4.79 Å². The van der Waals surface area contributed by atoms with E-state index in [0.717, 1.165) is 5.69 Å². The molecule has 0 saturated carbocycles. The standard InChI is InChI=1S/C22H22FN3O/c1-15(2)18-8-4-6-10-20(18)26-21-12-11-17(14-24-21)25-22(27)13-16-7-3-5-9-19(16)23/h3-12,14-15H,13H2,1-2H3,(H,24,26)(H,25,27). The molecule has 0 aliphatic rings. The Hall–Kier alpha value is -3.21. The number of para-hydroxylation sites is 1. The molecule has 1 heterocycles. The van der Waals surface area contributed by atoms with E-state index in [1.54, 1.807) is 36.5 Å². The SMILES string of the molecule is CC(C)c1ccccc1Nc1ccc(NC(=O)Cc2ccccc2F)cn1. The molecule has 0 aliphatic carbocycles. The molecule has 1 amide bonds. The largest absolute Gasteiger partial charge is 0.340 e. The van der Waals surface area contributed by atoms with Gasteiger partial charge in [-0.2, -0.15) is 0 Å². The maximum atomic E-state index is 13.6. The number of amides is 1. The number of hydrogen-bond acceptors (Lipinski definition) is 3. The highest BCUT2D eigenvalue weighted by molar-refractivity contribution is 5.92. The van der Waals surface area contributed by atoms with Gasteiger partial charge in [0, 0.05) is 5.69 Å². The number of hydrogen-bond donors (Lipinski definition) is 2. The van der Waals surface area contributed by atoms with Crippen molar-refractivity contribution >= 4 is 23.1 Å². The van der Waals surface area contributed by atoms with Gasteiger partial charge in [0.1, 0.15) is 11.6 Å². The molecular formula is C22H22FN3O. The minimum atomic E-state index is -0.380. The highest BCUT2D eigenvalue weighted by Gasteiger charge is 2.09. The van der Waals surface area contributed by atoms with Gasteiger partial charge < -0.3 is 10.6 Å². The lowest BCUT2D eigenvalue weighted by Gasteiger charge is -2.14. The number of halogens is 1. The molecule has 27 heavy (non-hydrogen) atoms.